The summed E-state index contributed by atoms with van der Waals surface area (Å²) in [7, 11) is -0.354. The minimum atomic E-state index is -3.44. The van der Waals surface area contributed by atoms with E-state index in [1.54, 1.807) is 20.3 Å². The summed E-state index contributed by atoms with van der Waals surface area (Å²) in [5, 5.41) is 2.70. The van der Waals surface area contributed by atoms with Crippen molar-refractivity contribution in [1.29, 1.82) is 0 Å². The van der Waals surface area contributed by atoms with Crippen LogP contribution in [0, 0.1) is 0 Å². The van der Waals surface area contributed by atoms with Crippen molar-refractivity contribution in [2.75, 3.05) is 20.6 Å². The molecule has 1 aliphatic heterocycles. The Bertz CT molecular complexity index is 645. The Morgan fingerprint density at radius 1 is 1.50 bits per heavy atom. The van der Waals surface area contributed by atoms with Crippen molar-refractivity contribution in [2.24, 2.45) is 0 Å². The van der Waals surface area contributed by atoms with Crippen molar-refractivity contribution >= 4 is 16.1 Å². The molecule has 1 amide bonds. The second-order valence-corrected chi connectivity index (χ2v) is 7.64. The number of pyridine rings is 1. The number of nitrogens with zero attached hydrogens (tertiary/aromatic N) is 3. The molecule has 1 aromatic rings. The normalized spacial score (nSPS) is 19.5. The van der Waals surface area contributed by atoms with Gasteiger partial charge in [-0.2, -0.15) is 17.0 Å². The fourth-order valence-electron chi connectivity index (χ4n) is 2.57. The van der Waals surface area contributed by atoms with Crippen molar-refractivity contribution in [2.45, 2.75) is 32.4 Å². The van der Waals surface area contributed by atoms with Crippen molar-refractivity contribution < 1.29 is 13.2 Å². The quantitative estimate of drug-likeness (QED) is 0.862. The predicted octanol–water partition coefficient (Wildman–Crippen LogP) is 0.661. The SMILES string of the molecule is CC(=O)NCc1cc(C2CCCN2S(=O)(=O)N(C)C)ccn1. The van der Waals surface area contributed by atoms with Crippen LogP contribution in [0.2, 0.25) is 0 Å². The van der Waals surface area contributed by atoms with Crippen LogP contribution in [-0.2, 0) is 21.5 Å². The molecule has 1 aromatic heterocycles. The Hall–Kier alpha value is -1.51. The molecule has 0 bridgehead atoms. The highest BCUT2D eigenvalue weighted by atomic mass is 32.2. The van der Waals surface area contributed by atoms with Crippen LogP contribution in [0.15, 0.2) is 18.3 Å². The van der Waals surface area contributed by atoms with Crippen LogP contribution >= 0.6 is 0 Å². The summed E-state index contributed by atoms with van der Waals surface area (Å²) in [6.45, 7) is 2.32. The van der Waals surface area contributed by atoms with Gasteiger partial charge in [0, 0.05) is 33.8 Å². The van der Waals surface area contributed by atoms with Crippen molar-refractivity contribution in [3.63, 3.8) is 0 Å². The van der Waals surface area contributed by atoms with Crippen LogP contribution in [0.3, 0.4) is 0 Å². The standard InChI is InChI=1S/C14H22N4O3S/c1-11(19)16-10-13-9-12(6-7-15-13)14-5-4-8-18(14)22(20,21)17(2)3/h6-7,9,14H,4-5,8,10H2,1-3H3,(H,16,19). The van der Waals surface area contributed by atoms with Gasteiger partial charge >= 0.3 is 0 Å². The maximum Gasteiger partial charge on any atom is 0.282 e. The van der Waals surface area contributed by atoms with E-state index >= 15 is 0 Å². The van der Waals surface area contributed by atoms with Gasteiger partial charge in [0.15, 0.2) is 0 Å². The Kier molecular flexibility index (Phi) is 5.15. The van der Waals surface area contributed by atoms with Gasteiger partial charge in [0.2, 0.25) is 5.91 Å². The Balaban J connectivity index is 2.23. The fraction of sp³-hybridized carbons (Fsp3) is 0.571. The summed E-state index contributed by atoms with van der Waals surface area (Å²) in [5.74, 6) is -0.120. The van der Waals surface area contributed by atoms with Crippen LogP contribution in [-0.4, -0.2) is 48.6 Å². The minimum Gasteiger partial charge on any atom is -0.351 e. The highest BCUT2D eigenvalue weighted by Gasteiger charge is 2.36. The summed E-state index contributed by atoms with van der Waals surface area (Å²) in [6.07, 6.45) is 3.28. The van der Waals surface area contributed by atoms with Gasteiger partial charge in [-0.15, -0.1) is 0 Å². The lowest BCUT2D eigenvalue weighted by Crippen LogP contribution is -2.39. The average molecular weight is 326 g/mol. The maximum atomic E-state index is 12.4. The second kappa shape index (κ2) is 6.72. The molecule has 1 N–H and O–H groups in total. The molecule has 2 rings (SSSR count). The van der Waals surface area contributed by atoms with Gasteiger partial charge in [-0.3, -0.25) is 9.78 Å². The number of rotatable bonds is 5. The zero-order chi connectivity index (χ0) is 16.3. The van der Waals surface area contributed by atoms with Crippen LogP contribution in [0.25, 0.3) is 0 Å². The molecule has 1 fully saturated rings. The number of nitrogens with one attached hydrogen (secondary N) is 1. The monoisotopic (exact) mass is 326 g/mol. The molecule has 8 heteroatoms. The third-order valence-corrected chi connectivity index (χ3v) is 5.66. The molecule has 1 aliphatic rings. The number of carbonyl (C=O) groups is 1. The number of hydrogen-bond donors (Lipinski definition) is 1. The first-order valence-corrected chi connectivity index (χ1v) is 8.60. The summed E-state index contributed by atoms with van der Waals surface area (Å²) >= 11 is 0. The van der Waals surface area contributed by atoms with Gasteiger partial charge in [-0.25, -0.2) is 0 Å². The third-order valence-electron chi connectivity index (χ3n) is 3.71. The molecule has 0 aromatic carbocycles. The van der Waals surface area contributed by atoms with E-state index in [1.165, 1.54) is 15.5 Å². The highest BCUT2D eigenvalue weighted by molar-refractivity contribution is 7.86. The molecule has 0 aliphatic carbocycles. The zero-order valence-corrected chi connectivity index (χ0v) is 13.9. The minimum absolute atomic E-state index is 0.120. The molecule has 0 saturated carbocycles. The largest absolute Gasteiger partial charge is 0.351 e. The predicted molar refractivity (Wildman–Crippen MR) is 83.0 cm³/mol. The summed E-state index contributed by atoms with van der Waals surface area (Å²) < 4.78 is 27.6. The zero-order valence-electron chi connectivity index (χ0n) is 13.1. The van der Waals surface area contributed by atoms with Crippen LogP contribution in [0.1, 0.15) is 37.1 Å². The molecule has 22 heavy (non-hydrogen) atoms. The number of amides is 1. The van der Waals surface area contributed by atoms with Gasteiger partial charge < -0.3 is 5.32 Å². The molecule has 2 heterocycles. The highest BCUT2D eigenvalue weighted by Crippen LogP contribution is 2.34. The summed E-state index contributed by atoms with van der Waals surface area (Å²) in [5.41, 5.74) is 1.64. The second-order valence-electron chi connectivity index (χ2n) is 5.55. The lowest BCUT2D eigenvalue weighted by molar-refractivity contribution is -0.119. The molecule has 122 valence electrons. The fourth-order valence-corrected chi connectivity index (χ4v) is 3.90. The van der Waals surface area contributed by atoms with Gasteiger partial charge in [-0.1, -0.05) is 0 Å². The smallest absolute Gasteiger partial charge is 0.282 e. The number of hydrogen-bond acceptors (Lipinski definition) is 4. The van der Waals surface area contributed by atoms with Crippen LogP contribution in [0.5, 0.6) is 0 Å². The molecule has 0 spiro atoms. The molecule has 7 nitrogen and oxygen atoms in total. The number of carbonyl (C=O) groups excluding carboxylic acids is 1. The van der Waals surface area contributed by atoms with E-state index in [1.807, 2.05) is 12.1 Å². The Morgan fingerprint density at radius 2 is 2.23 bits per heavy atom. The molecule has 1 atom stereocenters. The van der Waals surface area contributed by atoms with E-state index < -0.39 is 10.2 Å². The van der Waals surface area contributed by atoms with Gasteiger partial charge in [0.05, 0.1) is 18.3 Å². The molecule has 0 radical (unpaired) electrons. The van der Waals surface area contributed by atoms with Crippen LogP contribution in [0.4, 0.5) is 0 Å². The van der Waals surface area contributed by atoms with Gasteiger partial charge in [0.25, 0.3) is 10.2 Å². The Labute approximate surface area is 131 Å². The Morgan fingerprint density at radius 3 is 2.86 bits per heavy atom. The van der Waals surface area contributed by atoms with E-state index in [0.717, 1.165) is 24.1 Å². The van der Waals surface area contributed by atoms with E-state index in [0.29, 0.717) is 13.1 Å². The lowest BCUT2D eigenvalue weighted by Gasteiger charge is -2.27. The average Bonchev–Trinajstić information content (AvgIpc) is 2.95. The first-order chi connectivity index (χ1) is 10.3. The first-order valence-electron chi connectivity index (χ1n) is 7.21. The summed E-state index contributed by atoms with van der Waals surface area (Å²) in [6, 6.07) is 3.53. The van der Waals surface area contributed by atoms with Gasteiger partial charge in [0.1, 0.15) is 0 Å². The summed E-state index contributed by atoms with van der Waals surface area (Å²) in [4.78, 5) is 15.2. The topological polar surface area (TPSA) is 82.6 Å². The van der Waals surface area contributed by atoms with Crippen molar-refractivity contribution in [1.82, 2.24) is 18.9 Å². The molecule has 1 unspecified atom stereocenters. The molecule has 1 saturated heterocycles. The lowest BCUT2D eigenvalue weighted by atomic mass is 10.1. The van der Waals surface area contributed by atoms with E-state index in [2.05, 4.69) is 10.3 Å². The van der Waals surface area contributed by atoms with E-state index in [-0.39, 0.29) is 11.9 Å². The maximum absolute atomic E-state index is 12.4. The first kappa shape index (κ1) is 16.9. The number of aromatic nitrogens is 1. The molecular formula is C14H22N4O3S. The van der Waals surface area contributed by atoms with Crippen molar-refractivity contribution in [3.05, 3.63) is 29.6 Å². The third kappa shape index (κ3) is 3.63. The molecular weight excluding hydrogens is 304 g/mol. The van der Waals surface area contributed by atoms with Crippen molar-refractivity contribution in [3.8, 4) is 0 Å². The van der Waals surface area contributed by atoms with E-state index in [9.17, 15) is 13.2 Å². The van der Waals surface area contributed by atoms with E-state index in [4.69, 9.17) is 0 Å². The van der Waals surface area contributed by atoms with Crippen LogP contribution < -0.4 is 5.32 Å². The van der Waals surface area contributed by atoms with Gasteiger partial charge in [-0.05, 0) is 30.5 Å².